The quantitative estimate of drug-likeness (QED) is 0.362. The summed E-state index contributed by atoms with van der Waals surface area (Å²) in [4.78, 5) is 30.6. The van der Waals surface area contributed by atoms with Crippen LogP contribution in [0.4, 0.5) is 10.1 Å². The number of halogens is 1. The fourth-order valence-corrected chi connectivity index (χ4v) is 5.29. The van der Waals surface area contributed by atoms with E-state index in [0.29, 0.717) is 16.1 Å². The van der Waals surface area contributed by atoms with Crippen molar-refractivity contribution in [3.05, 3.63) is 76.7 Å². The van der Waals surface area contributed by atoms with E-state index in [4.69, 9.17) is 0 Å². The molecule has 0 unspecified atom stereocenters. The summed E-state index contributed by atoms with van der Waals surface area (Å²) in [6.45, 7) is -0.303. The molecule has 1 fully saturated rings. The molecule has 9 nitrogen and oxygen atoms in total. The fraction of sp³-hybridized carbons (Fsp3) is 0.269. The number of rotatable bonds is 8. The Labute approximate surface area is 216 Å². The number of phenols is 1. The Morgan fingerprint density at radius 3 is 2.62 bits per heavy atom. The van der Waals surface area contributed by atoms with Gasteiger partial charge in [0.2, 0.25) is 11.7 Å². The normalized spacial score (nSPS) is 14.4. The molecule has 37 heavy (non-hydrogen) atoms. The minimum atomic E-state index is -0.949. The lowest BCUT2D eigenvalue weighted by molar-refractivity contribution is -0.127. The van der Waals surface area contributed by atoms with Crippen molar-refractivity contribution in [1.82, 2.24) is 25.5 Å². The van der Waals surface area contributed by atoms with E-state index in [9.17, 15) is 19.1 Å². The molecule has 0 aliphatic heterocycles. The minimum Gasteiger partial charge on any atom is -0.508 e. The van der Waals surface area contributed by atoms with E-state index in [0.717, 1.165) is 30.5 Å². The molecule has 0 radical (unpaired) electrons. The number of nitrogens with one attached hydrogen (secondary N) is 1. The number of aromatic nitrogens is 4. The number of phenolic OH excluding ortho intramolecular Hbond substituents is 1. The molecular weight excluding hydrogens is 495 g/mol. The second-order valence-electron chi connectivity index (χ2n) is 8.84. The standard InChI is InChI=1S/C26H25FN6O3S/c27-18-12-10-17(11-13-18)25-29-31-32(30-25)16-23(35)33(20-7-3-8-21(34)15-20)24(22-9-4-14-37-22)26(36)28-19-5-1-2-6-19/h3-4,7-15,19,24,34H,1-2,5-6,16H2,(H,28,36)/t24-/m0/s1. The molecule has 11 heteroatoms. The monoisotopic (exact) mass is 520 g/mol. The second kappa shape index (κ2) is 10.9. The Bertz CT molecular complexity index is 1370. The highest BCUT2D eigenvalue weighted by Crippen LogP contribution is 2.33. The molecule has 4 aromatic rings. The number of carbonyl (C=O) groups is 2. The molecule has 1 aliphatic carbocycles. The van der Waals surface area contributed by atoms with Crippen LogP contribution in [0.1, 0.15) is 36.6 Å². The molecule has 1 atom stereocenters. The molecule has 5 rings (SSSR count). The van der Waals surface area contributed by atoms with Crippen LogP contribution in [0.15, 0.2) is 66.0 Å². The zero-order chi connectivity index (χ0) is 25.8. The zero-order valence-corrected chi connectivity index (χ0v) is 20.6. The lowest BCUT2D eigenvalue weighted by atomic mass is 10.1. The van der Waals surface area contributed by atoms with Crippen molar-refractivity contribution >= 4 is 28.8 Å². The average molecular weight is 521 g/mol. The smallest absolute Gasteiger partial charge is 0.251 e. The Hall–Kier alpha value is -4.12. The topological polar surface area (TPSA) is 113 Å². The maximum absolute atomic E-state index is 13.8. The molecule has 2 aromatic carbocycles. The van der Waals surface area contributed by atoms with Gasteiger partial charge in [0.15, 0.2) is 0 Å². The third kappa shape index (κ3) is 5.67. The van der Waals surface area contributed by atoms with Crippen LogP contribution in [-0.2, 0) is 16.1 Å². The van der Waals surface area contributed by atoms with E-state index in [1.165, 1.54) is 52.6 Å². The number of hydrogen-bond donors (Lipinski definition) is 2. The third-order valence-corrected chi connectivity index (χ3v) is 7.15. The first kappa shape index (κ1) is 24.6. The van der Waals surface area contributed by atoms with Gasteiger partial charge >= 0.3 is 0 Å². The van der Waals surface area contributed by atoms with Gasteiger partial charge in [-0.25, -0.2) is 4.39 Å². The maximum atomic E-state index is 13.8. The van der Waals surface area contributed by atoms with E-state index < -0.39 is 11.9 Å². The highest BCUT2D eigenvalue weighted by atomic mass is 32.1. The number of tetrazole rings is 1. The van der Waals surface area contributed by atoms with Gasteiger partial charge in [0.1, 0.15) is 24.2 Å². The highest BCUT2D eigenvalue weighted by molar-refractivity contribution is 7.10. The molecule has 2 N–H and O–H groups in total. The average Bonchev–Trinajstić information content (AvgIpc) is 3.66. The molecule has 2 heterocycles. The number of anilines is 1. The van der Waals surface area contributed by atoms with Gasteiger partial charge in [-0.2, -0.15) is 4.80 Å². The van der Waals surface area contributed by atoms with Crippen LogP contribution < -0.4 is 10.2 Å². The number of aromatic hydroxyl groups is 1. The van der Waals surface area contributed by atoms with E-state index in [1.807, 2.05) is 17.5 Å². The van der Waals surface area contributed by atoms with E-state index in [1.54, 1.807) is 12.1 Å². The molecule has 1 aliphatic rings. The van der Waals surface area contributed by atoms with Crippen LogP contribution in [-0.4, -0.2) is 43.2 Å². The van der Waals surface area contributed by atoms with Crippen LogP contribution in [0.2, 0.25) is 0 Å². The predicted molar refractivity (Wildman–Crippen MR) is 136 cm³/mol. The molecule has 2 amide bonds. The van der Waals surface area contributed by atoms with Crippen LogP contribution in [0.3, 0.4) is 0 Å². The van der Waals surface area contributed by atoms with E-state index >= 15 is 0 Å². The molecule has 2 aromatic heterocycles. The van der Waals surface area contributed by atoms with Gasteiger partial charge in [0.05, 0.1) is 0 Å². The molecule has 0 saturated heterocycles. The summed E-state index contributed by atoms with van der Waals surface area (Å²) < 4.78 is 13.3. The number of hydrogen-bond acceptors (Lipinski definition) is 7. The SMILES string of the molecule is O=C(NC1CCCC1)[C@H](c1cccs1)N(C(=O)Cn1nnc(-c2ccc(F)cc2)n1)c1cccc(O)c1. The number of nitrogens with zero attached hydrogens (tertiary/aromatic N) is 5. The van der Waals surface area contributed by atoms with Crippen molar-refractivity contribution in [2.75, 3.05) is 4.90 Å². The van der Waals surface area contributed by atoms with E-state index in [-0.39, 0.29) is 35.9 Å². The maximum Gasteiger partial charge on any atom is 0.251 e. The zero-order valence-electron chi connectivity index (χ0n) is 19.8. The number of carbonyl (C=O) groups excluding carboxylic acids is 2. The summed E-state index contributed by atoms with van der Waals surface area (Å²) in [5, 5.41) is 27.4. The minimum absolute atomic E-state index is 0.0334. The number of amides is 2. The second-order valence-corrected chi connectivity index (χ2v) is 9.82. The van der Waals surface area contributed by atoms with Crippen molar-refractivity contribution in [2.24, 2.45) is 0 Å². The van der Waals surface area contributed by atoms with Crippen molar-refractivity contribution in [2.45, 2.75) is 44.3 Å². The van der Waals surface area contributed by atoms with Crippen LogP contribution in [0.25, 0.3) is 11.4 Å². The summed E-state index contributed by atoms with van der Waals surface area (Å²) in [6.07, 6.45) is 3.91. The Morgan fingerprint density at radius 1 is 1.14 bits per heavy atom. The van der Waals surface area contributed by atoms with Gasteiger partial charge in [0.25, 0.3) is 5.91 Å². The molecule has 0 bridgehead atoms. The summed E-state index contributed by atoms with van der Waals surface area (Å²) in [5.74, 6) is -0.929. The van der Waals surface area contributed by atoms with Crippen molar-refractivity contribution in [3.63, 3.8) is 0 Å². The van der Waals surface area contributed by atoms with Crippen molar-refractivity contribution in [1.29, 1.82) is 0 Å². The van der Waals surface area contributed by atoms with Gasteiger partial charge in [-0.3, -0.25) is 14.5 Å². The first-order chi connectivity index (χ1) is 18.0. The van der Waals surface area contributed by atoms with Crippen molar-refractivity contribution < 1.29 is 19.1 Å². The first-order valence-corrected chi connectivity index (χ1v) is 12.8. The molecular formula is C26H25FN6O3S. The third-order valence-electron chi connectivity index (χ3n) is 6.23. The summed E-state index contributed by atoms with van der Waals surface area (Å²) in [5.41, 5.74) is 0.918. The van der Waals surface area contributed by atoms with E-state index in [2.05, 4.69) is 20.7 Å². The molecule has 1 saturated carbocycles. The summed E-state index contributed by atoms with van der Waals surface area (Å²) in [6, 6.07) is 14.6. The highest BCUT2D eigenvalue weighted by Gasteiger charge is 2.35. The van der Waals surface area contributed by atoms with Gasteiger partial charge < -0.3 is 10.4 Å². The van der Waals surface area contributed by atoms with Gasteiger partial charge in [-0.05, 0) is 65.9 Å². The van der Waals surface area contributed by atoms with Crippen LogP contribution >= 0.6 is 11.3 Å². The van der Waals surface area contributed by atoms with Crippen LogP contribution in [0.5, 0.6) is 5.75 Å². The fourth-order valence-electron chi connectivity index (χ4n) is 4.47. The predicted octanol–water partition coefficient (Wildman–Crippen LogP) is 4.08. The Balaban J connectivity index is 1.47. The molecule has 0 spiro atoms. The van der Waals surface area contributed by atoms with Crippen molar-refractivity contribution in [3.8, 4) is 17.1 Å². The Kier molecular flexibility index (Phi) is 7.22. The molecule has 190 valence electrons. The lowest BCUT2D eigenvalue weighted by Crippen LogP contribution is -2.47. The number of benzene rings is 2. The Morgan fingerprint density at radius 2 is 1.92 bits per heavy atom. The first-order valence-electron chi connectivity index (χ1n) is 12.0. The van der Waals surface area contributed by atoms with Gasteiger partial charge in [-0.15, -0.1) is 21.5 Å². The lowest BCUT2D eigenvalue weighted by Gasteiger charge is -2.31. The van der Waals surface area contributed by atoms with Gasteiger partial charge in [-0.1, -0.05) is 25.0 Å². The summed E-state index contributed by atoms with van der Waals surface area (Å²) >= 11 is 1.37. The summed E-state index contributed by atoms with van der Waals surface area (Å²) in [7, 11) is 0. The largest absolute Gasteiger partial charge is 0.508 e. The van der Waals surface area contributed by atoms with Gasteiger partial charge in [0, 0.05) is 28.2 Å². The number of thiophene rings is 1. The van der Waals surface area contributed by atoms with Crippen LogP contribution in [0, 0.1) is 5.82 Å².